The second-order valence-electron chi connectivity index (χ2n) is 3.15. The SMILES string of the molecule is C=Cc1ccc(SP(=S)(SCC)SCC)cc1. The summed E-state index contributed by atoms with van der Waals surface area (Å²) < 4.78 is -1.41. The lowest BCUT2D eigenvalue weighted by molar-refractivity contribution is 1.46. The number of hydrogen-bond donors (Lipinski definition) is 0. The lowest BCUT2D eigenvalue weighted by atomic mass is 10.2. The van der Waals surface area contributed by atoms with Gasteiger partial charge in [-0.3, -0.25) is 0 Å². The van der Waals surface area contributed by atoms with Crippen molar-refractivity contribution in [3.05, 3.63) is 36.4 Å². The van der Waals surface area contributed by atoms with Crippen LogP contribution in [0.25, 0.3) is 6.08 Å². The van der Waals surface area contributed by atoms with Crippen molar-refractivity contribution in [3.63, 3.8) is 0 Å². The molecule has 0 aromatic heterocycles. The fourth-order valence-corrected chi connectivity index (χ4v) is 15.7. The van der Waals surface area contributed by atoms with Crippen LogP contribution >= 0.6 is 37.8 Å². The molecule has 1 rings (SSSR count). The summed E-state index contributed by atoms with van der Waals surface area (Å²) in [6, 6.07) is 8.49. The van der Waals surface area contributed by atoms with E-state index in [-0.39, 0.29) is 0 Å². The van der Waals surface area contributed by atoms with E-state index in [1.807, 2.05) is 40.2 Å². The number of rotatable bonds is 7. The fourth-order valence-electron chi connectivity index (χ4n) is 1.20. The molecule has 0 atom stereocenters. The number of hydrogen-bond acceptors (Lipinski definition) is 4. The molecule has 0 amide bonds. The molecule has 0 N–H and O–H groups in total. The van der Waals surface area contributed by atoms with Crippen LogP contribution < -0.4 is 0 Å². The molecule has 0 saturated carbocycles. The van der Waals surface area contributed by atoms with E-state index in [4.69, 9.17) is 11.8 Å². The molecule has 0 heterocycles. The first-order valence-corrected chi connectivity index (χ1v) is 12.8. The Morgan fingerprint density at radius 1 is 1.18 bits per heavy atom. The van der Waals surface area contributed by atoms with Crippen molar-refractivity contribution < 1.29 is 0 Å². The standard InChI is InChI=1S/C12H17PS4/c1-4-11-7-9-12(10-8-11)17-13(14,15-5-2)16-6-3/h4,7-10H,1,5-6H2,2-3H3. The van der Waals surface area contributed by atoms with E-state index in [1.165, 1.54) is 4.90 Å². The normalized spacial score (nSPS) is 11.4. The average Bonchev–Trinajstić information content (AvgIpc) is 2.30. The maximum atomic E-state index is 5.82. The molecule has 0 bridgehead atoms. The predicted molar refractivity (Wildman–Crippen MR) is 92.9 cm³/mol. The molecule has 1 aromatic rings. The summed E-state index contributed by atoms with van der Waals surface area (Å²) in [5.74, 6) is 2.20. The molecule has 0 nitrogen and oxygen atoms in total. The van der Waals surface area contributed by atoms with Crippen molar-refractivity contribution in [3.8, 4) is 0 Å². The van der Waals surface area contributed by atoms with Gasteiger partial charge in [-0.25, -0.2) is 0 Å². The molecule has 0 aliphatic carbocycles. The highest BCUT2D eigenvalue weighted by molar-refractivity contribution is 9.23. The van der Waals surface area contributed by atoms with E-state index in [1.54, 1.807) is 0 Å². The van der Waals surface area contributed by atoms with E-state index in [9.17, 15) is 0 Å². The first-order valence-electron chi connectivity index (χ1n) is 5.44. The Labute approximate surface area is 122 Å². The van der Waals surface area contributed by atoms with Crippen LogP contribution in [0.5, 0.6) is 0 Å². The fraction of sp³-hybridized carbons (Fsp3) is 0.333. The van der Waals surface area contributed by atoms with Crippen LogP contribution in [0, 0.1) is 0 Å². The zero-order valence-electron chi connectivity index (χ0n) is 10.1. The Balaban J connectivity index is 2.78. The van der Waals surface area contributed by atoms with Crippen molar-refractivity contribution in [2.75, 3.05) is 11.5 Å². The summed E-state index contributed by atoms with van der Waals surface area (Å²) >= 11 is 11.6. The molecule has 0 unspecified atom stereocenters. The second-order valence-corrected chi connectivity index (χ2v) is 19.2. The van der Waals surface area contributed by atoms with Crippen molar-refractivity contribution in [1.82, 2.24) is 0 Å². The Morgan fingerprint density at radius 3 is 2.12 bits per heavy atom. The first kappa shape index (κ1) is 15.7. The van der Waals surface area contributed by atoms with Crippen molar-refractivity contribution in [1.29, 1.82) is 0 Å². The van der Waals surface area contributed by atoms with Crippen LogP contribution in [0.4, 0.5) is 0 Å². The highest BCUT2D eigenvalue weighted by atomic mass is 33.5. The van der Waals surface area contributed by atoms with Gasteiger partial charge in [0.25, 0.3) is 0 Å². The maximum Gasteiger partial charge on any atom is 0.113 e. The Morgan fingerprint density at radius 2 is 1.71 bits per heavy atom. The van der Waals surface area contributed by atoms with E-state index in [2.05, 4.69) is 44.7 Å². The average molecular weight is 321 g/mol. The lowest BCUT2D eigenvalue weighted by Crippen LogP contribution is -1.75. The molecular weight excluding hydrogens is 303 g/mol. The predicted octanol–water partition coefficient (Wildman–Crippen LogP) is 6.15. The van der Waals surface area contributed by atoms with E-state index in [0.717, 1.165) is 17.1 Å². The van der Waals surface area contributed by atoms with Gasteiger partial charge in [0.05, 0.1) is 0 Å². The first-order chi connectivity index (χ1) is 8.13. The summed E-state index contributed by atoms with van der Waals surface area (Å²) in [7, 11) is 0. The zero-order valence-corrected chi connectivity index (χ0v) is 14.2. The van der Waals surface area contributed by atoms with Crippen LogP contribution in [0.1, 0.15) is 19.4 Å². The highest BCUT2D eigenvalue weighted by Crippen LogP contribution is 2.79. The van der Waals surface area contributed by atoms with Gasteiger partial charge in [0.2, 0.25) is 0 Å². The summed E-state index contributed by atoms with van der Waals surface area (Å²) in [4.78, 5) is 1.28. The van der Waals surface area contributed by atoms with Gasteiger partial charge < -0.3 is 0 Å². The molecule has 1 aromatic carbocycles. The van der Waals surface area contributed by atoms with E-state index >= 15 is 0 Å². The van der Waals surface area contributed by atoms with Crippen molar-refractivity contribution in [2.24, 2.45) is 0 Å². The minimum atomic E-state index is -1.41. The van der Waals surface area contributed by atoms with E-state index < -0.39 is 3.64 Å². The lowest BCUT2D eigenvalue weighted by Gasteiger charge is -2.18. The van der Waals surface area contributed by atoms with Gasteiger partial charge in [-0.1, -0.05) is 61.8 Å². The maximum absolute atomic E-state index is 5.82. The molecule has 94 valence electrons. The third-order valence-electron chi connectivity index (χ3n) is 1.91. The Kier molecular flexibility index (Phi) is 7.36. The third-order valence-corrected chi connectivity index (χ3v) is 16.2. The summed E-state index contributed by atoms with van der Waals surface area (Å²) in [5.41, 5.74) is 1.16. The highest BCUT2D eigenvalue weighted by Gasteiger charge is 2.18. The summed E-state index contributed by atoms with van der Waals surface area (Å²) in [6.45, 7) is 8.13. The summed E-state index contributed by atoms with van der Waals surface area (Å²) in [5, 5.41) is 0. The van der Waals surface area contributed by atoms with Crippen molar-refractivity contribution in [2.45, 2.75) is 18.7 Å². The molecule has 0 aliphatic rings. The Bertz CT molecular complexity index is 389. The molecule has 0 radical (unpaired) electrons. The van der Waals surface area contributed by atoms with Gasteiger partial charge in [0.1, 0.15) is 3.64 Å². The van der Waals surface area contributed by atoms with Gasteiger partial charge in [-0.05, 0) is 29.2 Å². The number of benzene rings is 1. The molecule has 0 aliphatic heterocycles. The quantitative estimate of drug-likeness (QED) is 0.552. The topological polar surface area (TPSA) is 0 Å². The van der Waals surface area contributed by atoms with Crippen LogP contribution in [0.3, 0.4) is 0 Å². The third kappa shape index (κ3) is 5.44. The molecule has 0 spiro atoms. The molecular formula is C12H17PS4. The van der Waals surface area contributed by atoms with Gasteiger partial charge in [0.15, 0.2) is 0 Å². The second kappa shape index (κ2) is 7.96. The van der Waals surface area contributed by atoms with Crippen LogP contribution in [0.2, 0.25) is 0 Å². The smallest absolute Gasteiger partial charge is 0.104 e. The zero-order chi connectivity index (χ0) is 12.7. The molecule has 0 saturated heterocycles. The van der Waals surface area contributed by atoms with Crippen molar-refractivity contribution >= 4 is 55.7 Å². The van der Waals surface area contributed by atoms with Crippen LogP contribution in [-0.2, 0) is 11.8 Å². The largest absolute Gasteiger partial charge is 0.113 e. The van der Waals surface area contributed by atoms with Gasteiger partial charge in [-0.15, -0.1) is 22.8 Å². The molecule has 17 heavy (non-hydrogen) atoms. The monoisotopic (exact) mass is 320 g/mol. The minimum Gasteiger partial charge on any atom is -0.104 e. The minimum absolute atomic E-state index is 1.10. The summed E-state index contributed by atoms with van der Waals surface area (Å²) in [6.07, 6.45) is 1.87. The van der Waals surface area contributed by atoms with Crippen LogP contribution in [0.15, 0.2) is 35.7 Å². The van der Waals surface area contributed by atoms with E-state index in [0.29, 0.717) is 0 Å². The van der Waals surface area contributed by atoms with Crippen LogP contribution in [-0.4, -0.2) is 11.5 Å². The van der Waals surface area contributed by atoms with Gasteiger partial charge in [-0.2, -0.15) is 0 Å². The van der Waals surface area contributed by atoms with Gasteiger partial charge in [0, 0.05) is 4.90 Å². The molecule has 0 fully saturated rings. The molecule has 5 heteroatoms. The van der Waals surface area contributed by atoms with Gasteiger partial charge >= 0.3 is 0 Å². The Hall–Kier alpha value is 0.660.